The number of aromatic nitrogens is 2. The SMILES string of the molecule is Cc1ccc(N2CC(C(=O)Nc3cnc(N4CCCCC4)nc3N(C)C)CC2=O)cc1C. The molecule has 1 N–H and O–H groups in total. The Hall–Kier alpha value is -3.16. The lowest BCUT2D eigenvalue weighted by Gasteiger charge is -2.28. The van der Waals surface area contributed by atoms with Gasteiger partial charge in [0.25, 0.3) is 0 Å². The molecule has 2 aliphatic heterocycles. The molecule has 8 heteroatoms. The average Bonchev–Trinajstić information content (AvgIpc) is 3.18. The molecular weight excluding hydrogens is 404 g/mol. The number of aryl methyl sites for hydroxylation is 2. The third kappa shape index (κ3) is 4.54. The van der Waals surface area contributed by atoms with Crippen LogP contribution in [0, 0.1) is 19.8 Å². The van der Waals surface area contributed by atoms with E-state index in [1.165, 1.54) is 12.0 Å². The van der Waals surface area contributed by atoms with Gasteiger partial charge >= 0.3 is 0 Å². The molecule has 1 aromatic heterocycles. The first-order valence-corrected chi connectivity index (χ1v) is 11.3. The lowest BCUT2D eigenvalue weighted by Crippen LogP contribution is -2.32. The van der Waals surface area contributed by atoms with Crippen molar-refractivity contribution in [3.8, 4) is 0 Å². The van der Waals surface area contributed by atoms with Gasteiger partial charge in [-0.2, -0.15) is 4.98 Å². The number of benzene rings is 1. The molecule has 8 nitrogen and oxygen atoms in total. The van der Waals surface area contributed by atoms with E-state index in [1.54, 1.807) is 11.1 Å². The highest BCUT2D eigenvalue weighted by molar-refractivity contribution is 6.04. The van der Waals surface area contributed by atoms with Crippen LogP contribution in [0.1, 0.15) is 36.8 Å². The number of carbonyl (C=O) groups is 2. The van der Waals surface area contributed by atoms with Crippen LogP contribution >= 0.6 is 0 Å². The number of hydrogen-bond donors (Lipinski definition) is 1. The molecule has 1 atom stereocenters. The van der Waals surface area contributed by atoms with E-state index in [1.807, 2.05) is 51.0 Å². The van der Waals surface area contributed by atoms with Gasteiger partial charge in [0.2, 0.25) is 17.8 Å². The van der Waals surface area contributed by atoms with Crippen LogP contribution in [0.5, 0.6) is 0 Å². The second kappa shape index (κ2) is 9.14. The maximum absolute atomic E-state index is 13.0. The molecule has 1 unspecified atom stereocenters. The topological polar surface area (TPSA) is 81.7 Å². The highest BCUT2D eigenvalue weighted by atomic mass is 16.2. The Bertz CT molecular complexity index is 1020. The molecule has 0 saturated carbocycles. The van der Waals surface area contributed by atoms with Crippen LogP contribution < -0.4 is 20.0 Å². The first-order valence-electron chi connectivity index (χ1n) is 11.3. The van der Waals surface area contributed by atoms with Crippen LogP contribution in [0.4, 0.5) is 23.1 Å². The molecule has 1 aromatic carbocycles. The number of rotatable bonds is 5. The summed E-state index contributed by atoms with van der Waals surface area (Å²) in [7, 11) is 3.80. The van der Waals surface area contributed by atoms with E-state index in [0.717, 1.165) is 37.2 Å². The number of nitrogens with zero attached hydrogens (tertiary/aromatic N) is 5. The van der Waals surface area contributed by atoms with Gasteiger partial charge in [0, 0.05) is 45.8 Å². The minimum atomic E-state index is -0.416. The normalized spacial score (nSPS) is 18.8. The monoisotopic (exact) mass is 436 g/mol. The number of piperidine rings is 1. The van der Waals surface area contributed by atoms with Crippen LogP contribution in [-0.2, 0) is 9.59 Å². The van der Waals surface area contributed by atoms with Gasteiger partial charge in [-0.05, 0) is 56.4 Å². The highest BCUT2D eigenvalue weighted by Crippen LogP contribution is 2.30. The van der Waals surface area contributed by atoms with Gasteiger partial charge in [-0.15, -0.1) is 0 Å². The molecule has 2 fully saturated rings. The summed E-state index contributed by atoms with van der Waals surface area (Å²) in [5, 5.41) is 2.97. The molecule has 32 heavy (non-hydrogen) atoms. The number of hydrogen-bond acceptors (Lipinski definition) is 6. The van der Waals surface area contributed by atoms with Crippen molar-refractivity contribution >= 4 is 35.0 Å². The number of carbonyl (C=O) groups excluding carboxylic acids is 2. The maximum Gasteiger partial charge on any atom is 0.229 e. The van der Waals surface area contributed by atoms with Gasteiger partial charge in [0.15, 0.2) is 5.82 Å². The zero-order valence-corrected chi connectivity index (χ0v) is 19.4. The zero-order chi connectivity index (χ0) is 22.8. The summed E-state index contributed by atoms with van der Waals surface area (Å²) in [6.07, 6.45) is 5.41. The summed E-state index contributed by atoms with van der Waals surface area (Å²) in [6, 6.07) is 5.96. The molecule has 2 aromatic rings. The van der Waals surface area contributed by atoms with E-state index in [9.17, 15) is 9.59 Å². The van der Waals surface area contributed by atoms with Crippen molar-refractivity contribution < 1.29 is 9.59 Å². The molecule has 0 bridgehead atoms. The Balaban J connectivity index is 1.48. The third-order valence-corrected chi connectivity index (χ3v) is 6.37. The van der Waals surface area contributed by atoms with Crippen molar-refractivity contribution in [3.05, 3.63) is 35.5 Å². The van der Waals surface area contributed by atoms with Crippen molar-refractivity contribution in [1.82, 2.24) is 9.97 Å². The van der Waals surface area contributed by atoms with E-state index < -0.39 is 5.92 Å². The summed E-state index contributed by atoms with van der Waals surface area (Å²) in [5.41, 5.74) is 3.72. The van der Waals surface area contributed by atoms with Crippen molar-refractivity contribution in [3.63, 3.8) is 0 Å². The molecule has 0 radical (unpaired) electrons. The largest absolute Gasteiger partial charge is 0.361 e. The van der Waals surface area contributed by atoms with Gasteiger partial charge in [-0.25, -0.2) is 4.98 Å². The summed E-state index contributed by atoms with van der Waals surface area (Å²) in [6.45, 7) is 6.35. The number of nitrogens with one attached hydrogen (secondary N) is 1. The lowest BCUT2D eigenvalue weighted by molar-refractivity contribution is -0.122. The fourth-order valence-corrected chi connectivity index (χ4v) is 4.30. The summed E-state index contributed by atoms with van der Waals surface area (Å²) >= 11 is 0. The predicted octanol–water partition coefficient (Wildman–Crippen LogP) is 3.14. The van der Waals surface area contributed by atoms with Crippen LogP contribution in [-0.4, -0.2) is 55.5 Å². The Morgan fingerprint density at radius 2 is 1.88 bits per heavy atom. The van der Waals surface area contributed by atoms with E-state index in [-0.39, 0.29) is 18.2 Å². The van der Waals surface area contributed by atoms with Crippen molar-refractivity contribution in [2.24, 2.45) is 5.92 Å². The van der Waals surface area contributed by atoms with Crippen molar-refractivity contribution in [2.45, 2.75) is 39.5 Å². The van der Waals surface area contributed by atoms with Crippen molar-refractivity contribution in [2.75, 3.05) is 53.7 Å². The summed E-state index contributed by atoms with van der Waals surface area (Å²) in [5.74, 6) is 0.744. The van der Waals surface area contributed by atoms with E-state index in [0.29, 0.717) is 24.0 Å². The van der Waals surface area contributed by atoms with Crippen molar-refractivity contribution in [1.29, 1.82) is 0 Å². The Kier molecular flexibility index (Phi) is 6.30. The summed E-state index contributed by atoms with van der Waals surface area (Å²) in [4.78, 5) is 40.7. The molecule has 2 amide bonds. The zero-order valence-electron chi connectivity index (χ0n) is 19.4. The first kappa shape index (κ1) is 22.0. The van der Waals surface area contributed by atoms with Gasteiger partial charge < -0.3 is 20.0 Å². The fraction of sp³-hybridized carbons (Fsp3) is 0.500. The van der Waals surface area contributed by atoms with Gasteiger partial charge in [0.05, 0.1) is 12.1 Å². The maximum atomic E-state index is 13.0. The van der Waals surface area contributed by atoms with E-state index in [4.69, 9.17) is 4.98 Å². The molecular formula is C24H32N6O2. The Labute approximate surface area is 189 Å². The predicted molar refractivity (Wildman–Crippen MR) is 127 cm³/mol. The molecule has 0 aliphatic carbocycles. The standard InChI is InChI=1S/C24H32N6O2/c1-16-8-9-19(12-17(16)2)30-15-18(13-21(30)31)23(32)26-20-14-25-24(27-22(20)28(3)4)29-10-6-5-7-11-29/h8-9,12,14,18H,5-7,10-11,13,15H2,1-4H3,(H,26,32). The molecule has 4 rings (SSSR count). The smallest absolute Gasteiger partial charge is 0.229 e. The highest BCUT2D eigenvalue weighted by Gasteiger charge is 2.35. The number of anilines is 4. The van der Waals surface area contributed by atoms with Crippen LogP contribution in [0.3, 0.4) is 0 Å². The molecule has 2 aliphatic rings. The summed E-state index contributed by atoms with van der Waals surface area (Å²) < 4.78 is 0. The fourth-order valence-electron chi connectivity index (χ4n) is 4.30. The minimum absolute atomic E-state index is 0.0297. The third-order valence-electron chi connectivity index (χ3n) is 6.37. The van der Waals surface area contributed by atoms with E-state index >= 15 is 0 Å². The van der Waals surface area contributed by atoms with Crippen LogP contribution in [0.25, 0.3) is 0 Å². The average molecular weight is 437 g/mol. The number of amides is 2. The van der Waals surface area contributed by atoms with Crippen LogP contribution in [0.15, 0.2) is 24.4 Å². The van der Waals surface area contributed by atoms with E-state index in [2.05, 4.69) is 15.2 Å². The van der Waals surface area contributed by atoms with Crippen LogP contribution in [0.2, 0.25) is 0 Å². The Morgan fingerprint density at radius 1 is 1.12 bits per heavy atom. The van der Waals surface area contributed by atoms with Gasteiger partial charge in [-0.1, -0.05) is 6.07 Å². The Morgan fingerprint density at radius 3 is 2.56 bits per heavy atom. The second-order valence-corrected chi connectivity index (χ2v) is 9.01. The van der Waals surface area contributed by atoms with Gasteiger partial charge in [-0.3, -0.25) is 9.59 Å². The molecule has 3 heterocycles. The second-order valence-electron chi connectivity index (χ2n) is 9.01. The quantitative estimate of drug-likeness (QED) is 0.776. The molecule has 170 valence electrons. The van der Waals surface area contributed by atoms with Gasteiger partial charge in [0.1, 0.15) is 5.69 Å². The molecule has 0 spiro atoms. The molecule has 2 saturated heterocycles. The first-order chi connectivity index (χ1) is 15.3. The lowest BCUT2D eigenvalue weighted by atomic mass is 10.1. The minimum Gasteiger partial charge on any atom is -0.361 e.